The first kappa shape index (κ1) is 76.9. The number of amides is 3. The van der Waals surface area contributed by atoms with Crippen LogP contribution in [0.25, 0.3) is 0 Å². The Kier molecular flexibility index (Phi) is 68.1. The zero-order valence-electron chi connectivity index (χ0n) is 44.8. The number of carbonyl (C=O) groups excluding carboxylic acids is 4. The van der Waals surface area contributed by atoms with Crippen LogP contribution in [0.5, 0.6) is 0 Å². The standard InChI is InChI=1S/C43H77N3O14.3C2H6S2/c1-36(43(55)56)19-16-17-24-44-39(49)35-60-32-29-57-27-18-20-37(47)34-59-31-30-58-28-25-45-38(48)23-26-46(33-42(53)54)40(50)21-14-12-10-8-6-4-2-3-5-7-9-11-13-15-22-41(51)52;3*1-3-4-2/h36H,2-35H2,1H3,(H,44,49)(H,45,48)(H,51,52)(H,53,54)(H,55,56);3*1-2H3/t36-;;;/m0.../s1. The minimum atomic E-state index is -1.13. The monoisotopic (exact) mass is 1140 g/mol. The summed E-state index contributed by atoms with van der Waals surface area (Å²) in [6.45, 7) is 3.35. The van der Waals surface area contributed by atoms with Crippen molar-refractivity contribution in [2.45, 2.75) is 148 Å². The fourth-order valence-electron chi connectivity index (χ4n) is 6.09. The summed E-state index contributed by atoms with van der Waals surface area (Å²) < 4.78 is 21.5. The summed E-state index contributed by atoms with van der Waals surface area (Å²) in [5, 5.41) is 32.2. The zero-order valence-corrected chi connectivity index (χ0v) is 49.7. The Hall–Kier alpha value is -1.57. The molecule has 3 amide bonds. The van der Waals surface area contributed by atoms with Crippen molar-refractivity contribution < 1.29 is 67.8 Å². The number of unbranched alkanes of at least 4 members (excludes halogenated alkanes) is 14. The Balaban J connectivity index is -0.00000172. The summed E-state index contributed by atoms with van der Waals surface area (Å²) in [5.74, 6) is -3.95. The predicted octanol–water partition coefficient (Wildman–Crippen LogP) is 10.0. The Morgan fingerprint density at radius 2 is 0.889 bits per heavy atom. The van der Waals surface area contributed by atoms with Crippen LogP contribution in [0.3, 0.4) is 0 Å². The van der Waals surface area contributed by atoms with E-state index in [4.69, 9.17) is 29.2 Å². The number of hydrogen-bond donors (Lipinski definition) is 5. The molecule has 0 fully saturated rings. The molecule has 72 heavy (non-hydrogen) atoms. The number of Topliss-reactive ketones (excluding diaryl/α,β-unsaturated/α-hetero) is 1. The van der Waals surface area contributed by atoms with Gasteiger partial charge in [0.05, 0.1) is 39.0 Å². The van der Waals surface area contributed by atoms with Gasteiger partial charge in [-0.1, -0.05) is 155 Å². The van der Waals surface area contributed by atoms with Gasteiger partial charge in [-0.25, -0.2) is 0 Å². The molecule has 0 aromatic rings. The lowest BCUT2D eigenvalue weighted by Gasteiger charge is -2.20. The summed E-state index contributed by atoms with van der Waals surface area (Å²) in [7, 11) is 10.6. The van der Waals surface area contributed by atoms with Crippen LogP contribution < -0.4 is 10.6 Å². The van der Waals surface area contributed by atoms with Crippen molar-refractivity contribution in [3.63, 3.8) is 0 Å². The molecule has 17 nitrogen and oxygen atoms in total. The molecule has 0 saturated heterocycles. The molecule has 0 aromatic heterocycles. The normalized spacial score (nSPS) is 10.9. The van der Waals surface area contributed by atoms with Gasteiger partial charge in [-0.15, -0.1) is 0 Å². The SMILES string of the molecule is CSSC.CSSC.CSSC.C[C@@H](CCCCNC(=O)COCCOCCCC(=O)COCCOCCNC(=O)CCN(CC(=O)O)C(=O)CCCCCCCCCCCCCCCCC(=O)O)C(=O)O. The summed E-state index contributed by atoms with van der Waals surface area (Å²) in [6, 6.07) is 0. The van der Waals surface area contributed by atoms with Crippen molar-refractivity contribution in [1.82, 2.24) is 15.5 Å². The molecule has 23 heteroatoms. The Labute approximate surface area is 457 Å². The average Bonchev–Trinajstić information content (AvgIpc) is 3.36. The lowest BCUT2D eigenvalue weighted by Crippen LogP contribution is -2.39. The molecule has 0 unspecified atom stereocenters. The number of nitrogens with zero attached hydrogens (tertiary/aromatic N) is 1. The first-order valence-electron chi connectivity index (χ1n) is 25.2. The van der Waals surface area contributed by atoms with E-state index < -0.39 is 30.4 Å². The van der Waals surface area contributed by atoms with Gasteiger partial charge < -0.3 is 49.8 Å². The second kappa shape index (κ2) is 63.7. The highest BCUT2D eigenvalue weighted by atomic mass is 33.1. The van der Waals surface area contributed by atoms with Crippen LogP contribution in [0.4, 0.5) is 0 Å². The van der Waals surface area contributed by atoms with E-state index in [1.807, 2.05) is 0 Å². The van der Waals surface area contributed by atoms with E-state index in [0.29, 0.717) is 45.3 Å². The largest absolute Gasteiger partial charge is 0.481 e. The molecule has 426 valence electrons. The fraction of sp³-hybridized carbons (Fsp3) is 0.857. The van der Waals surface area contributed by atoms with Crippen LogP contribution >= 0.6 is 64.8 Å². The van der Waals surface area contributed by atoms with Crippen LogP contribution in [0.2, 0.25) is 0 Å². The molecule has 0 radical (unpaired) electrons. The van der Waals surface area contributed by atoms with E-state index in [1.165, 1.54) is 43.4 Å². The number of aliphatic carboxylic acids is 3. The topological polar surface area (TPSA) is 244 Å². The molecule has 0 saturated carbocycles. The van der Waals surface area contributed by atoms with Gasteiger partial charge in [0.1, 0.15) is 19.8 Å². The maximum Gasteiger partial charge on any atom is 0.323 e. The van der Waals surface area contributed by atoms with Crippen molar-refractivity contribution in [3.05, 3.63) is 0 Å². The Bertz CT molecular complexity index is 1280. The lowest BCUT2D eigenvalue weighted by atomic mass is 10.0. The smallest absolute Gasteiger partial charge is 0.323 e. The number of ketones is 1. The van der Waals surface area contributed by atoms with Crippen LogP contribution in [0.15, 0.2) is 0 Å². The average molecular weight is 1140 g/mol. The maximum atomic E-state index is 12.7. The first-order chi connectivity index (χ1) is 34.7. The van der Waals surface area contributed by atoms with Crippen molar-refractivity contribution in [3.8, 4) is 0 Å². The summed E-state index contributed by atoms with van der Waals surface area (Å²) in [5.41, 5.74) is 0. The number of nitrogens with one attached hydrogen (secondary N) is 2. The van der Waals surface area contributed by atoms with Crippen LogP contribution in [-0.2, 0) is 52.5 Å². The number of carbonyl (C=O) groups is 7. The molecule has 0 spiro atoms. The molecular weight excluding hydrogens is 1050 g/mol. The second-order valence-corrected chi connectivity index (χ2v) is 24.2. The van der Waals surface area contributed by atoms with Crippen molar-refractivity contribution in [1.29, 1.82) is 0 Å². The van der Waals surface area contributed by atoms with Gasteiger partial charge in [0.2, 0.25) is 17.7 Å². The van der Waals surface area contributed by atoms with Gasteiger partial charge in [0.25, 0.3) is 0 Å². The quantitative estimate of drug-likeness (QED) is 0.0281. The van der Waals surface area contributed by atoms with E-state index in [1.54, 1.807) is 71.7 Å². The number of carboxylic acids is 3. The third-order valence-corrected chi connectivity index (χ3v) is 14.2. The van der Waals surface area contributed by atoms with E-state index >= 15 is 0 Å². The molecular formula is C49H95N3O14S6. The summed E-state index contributed by atoms with van der Waals surface area (Å²) in [6.07, 6.45) is 30.7. The van der Waals surface area contributed by atoms with Crippen molar-refractivity contribution in [2.24, 2.45) is 5.92 Å². The van der Waals surface area contributed by atoms with Crippen LogP contribution in [0.1, 0.15) is 148 Å². The van der Waals surface area contributed by atoms with Crippen LogP contribution in [-0.4, -0.2) is 178 Å². The zero-order chi connectivity index (χ0) is 54.7. The molecule has 5 N–H and O–H groups in total. The molecule has 0 rings (SSSR count). The predicted molar refractivity (Wildman–Crippen MR) is 306 cm³/mol. The highest BCUT2D eigenvalue weighted by Crippen LogP contribution is 2.15. The third-order valence-electron chi connectivity index (χ3n) is 10.2. The molecule has 0 bridgehead atoms. The number of ether oxygens (including phenoxy) is 4. The Morgan fingerprint density at radius 3 is 1.36 bits per heavy atom. The minimum Gasteiger partial charge on any atom is -0.481 e. The summed E-state index contributed by atoms with van der Waals surface area (Å²) in [4.78, 5) is 82.6. The second-order valence-electron chi connectivity index (χ2n) is 16.2. The van der Waals surface area contributed by atoms with Gasteiger partial charge in [-0.2, -0.15) is 0 Å². The van der Waals surface area contributed by atoms with E-state index in [0.717, 1.165) is 51.4 Å². The number of hydrogen-bond acceptors (Lipinski definition) is 17. The molecule has 0 aromatic carbocycles. The molecule has 0 aliphatic rings. The van der Waals surface area contributed by atoms with Gasteiger partial charge in [-0.3, -0.25) is 33.6 Å². The third kappa shape index (κ3) is 68.4. The Morgan fingerprint density at radius 1 is 0.444 bits per heavy atom. The number of rotatable bonds is 48. The van der Waals surface area contributed by atoms with E-state index in [9.17, 15) is 38.7 Å². The van der Waals surface area contributed by atoms with Gasteiger partial charge in [0.15, 0.2) is 5.78 Å². The van der Waals surface area contributed by atoms with Crippen molar-refractivity contribution >= 4 is 106 Å². The molecule has 0 heterocycles. The van der Waals surface area contributed by atoms with E-state index in [2.05, 4.69) is 48.2 Å². The van der Waals surface area contributed by atoms with Crippen molar-refractivity contribution in [2.75, 3.05) is 117 Å². The molecule has 0 aliphatic carbocycles. The van der Waals surface area contributed by atoms with Gasteiger partial charge in [0, 0.05) is 51.9 Å². The van der Waals surface area contributed by atoms with Crippen LogP contribution in [0, 0.1) is 5.92 Å². The highest BCUT2D eigenvalue weighted by Gasteiger charge is 2.18. The van der Waals surface area contributed by atoms with Gasteiger partial charge in [-0.05, 0) is 69.6 Å². The summed E-state index contributed by atoms with van der Waals surface area (Å²) >= 11 is 0. The van der Waals surface area contributed by atoms with E-state index in [-0.39, 0.29) is 102 Å². The maximum absolute atomic E-state index is 12.7. The minimum absolute atomic E-state index is 0.0188. The first-order valence-corrected chi connectivity index (χ1v) is 34.1. The number of carboxylic acid groups (broad SMARTS) is 3. The lowest BCUT2D eigenvalue weighted by molar-refractivity contribution is -0.145. The van der Waals surface area contributed by atoms with Gasteiger partial charge >= 0.3 is 17.9 Å². The molecule has 0 aliphatic heterocycles. The highest BCUT2D eigenvalue weighted by molar-refractivity contribution is 8.76. The molecule has 1 atom stereocenters. The fourth-order valence-corrected chi connectivity index (χ4v) is 6.09.